The number of pyridine rings is 2. The molecule has 228 valence electrons. The Kier molecular flexibility index (Phi) is 7.80. The van der Waals surface area contributed by atoms with E-state index >= 15 is 0 Å². The lowest BCUT2D eigenvalue weighted by atomic mass is 9.91. The standard InChI is InChI=1S/C31H39FN8O3/c1-31(2,3)25-16-26(37-40(25)21-9-12-39(18-21)13-10-32)35-30-36-29-27(38(30)4)28(42-5)24(17-34-29)43-22-8-11-33-20(14-22)15-23(41)19-6-7-19/h8,11,14,16-17,19,21H,6-7,9-10,12-13,15,18H2,1-5H3,(H,34,35,36,37)/t21-/m0/s1. The number of likely N-dealkylation sites (tertiary alicyclic amines) is 1. The Morgan fingerprint density at radius 3 is 2.72 bits per heavy atom. The van der Waals surface area contributed by atoms with E-state index in [4.69, 9.17) is 19.6 Å². The summed E-state index contributed by atoms with van der Waals surface area (Å²) in [7, 11) is 3.46. The monoisotopic (exact) mass is 590 g/mol. The van der Waals surface area contributed by atoms with Crippen molar-refractivity contribution >= 4 is 28.7 Å². The van der Waals surface area contributed by atoms with Crippen LogP contribution in [0.3, 0.4) is 0 Å². The predicted molar refractivity (Wildman–Crippen MR) is 161 cm³/mol. The number of carbonyl (C=O) groups excluding carboxylic acids is 1. The van der Waals surface area contributed by atoms with Crippen molar-refractivity contribution in [3.05, 3.63) is 42.0 Å². The van der Waals surface area contributed by atoms with Crippen molar-refractivity contribution in [1.82, 2.24) is 34.2 Å². The van der Waals surface area contributed by atoms with Gasteiger partial charge in [-0.05, 0) is 25.3 Å². The Morgan fingerprint density at radius 1 is 1.19 bits per heavy atom. The molecule has 0 unspecified atom stereocenters. The normalized spacial score (nSPS) is 17.5. The van der Waals surface area contributed by atoms with Gasteiger partial charge in [-0.15, -0.1) is 0 Å². The van der Waals surface area contributed by atoms with Crippen molar-refractivity contribution in [2.75, 3.05) is 38.7 Å². The number of halogens is 1. The summed E-state index contributed by atoms with van der Waals surface area (Å²) in [5, 5.41) is 8.33. The number of nitrogens with zero attached hydrogens (tertiary/aromatic N) is 7. The van der Waals surface area contributed by atoms with Gasteiger partial charge in [0, 0.05) is 68.5 Å². The van der Waals surface area contributed by atoms with Gasteiger partial charge >= 0.3 is 0 Å². The number of ketones is 1. The van der Waals surface area contributed by atoms with Gasteiger partial charge in [-0.2, -0.15) is 10.1 Å². The van der Waals surface area contributed by atoms with Gasteiger partial charge in [0.05, 0.1) is 25.0 Å². The van der Waals surface area contributed by atoms with Crippen LogP contribution in [0.25, 0.3) is 11.2 Å². The van der Waals surface area contributed by atoms with Gasteiger partial charge in [-0.3, -0.25) is 19.4 Å². The van der Waals surface area contributed by atoms with Crippen molar-refractivity contribution < 1.29 is 18.7 Å². The second-order valence-corrected chi connectivity index (χ2v) is 12.5. The average Bonchev–Trinajstić information content (AvgIpc) is 3.44. The SMILES string of the molecule is COc1c(Oc2ccnc(CC(=O)C3CC3)c2)cnc2nc(Nc3cc(C(C)(C)C)n([C@H]4CCN(CCF)C4)n3)n(C)c12. The summed E-state index contributed by atoms with van der Waals surface area (Å²) in [5.74, 6) is 3.09. The summed E-state index contributed by atoms with van der Waals surface area (Å²) in [5.41, 5.74) is 2.79. The maximum atomic E-state index is 13.0. The first-order chi connectivity index (χ1) is 20.6. The van der Waals surface area contributed by atoms with Crippen LogP contribution in [0.1, 0.15) is 57.5 Å². The van der Waals surface area contributed by atoms with Gasteiger partial charge in [0.25, 0.3) is 0 Å². The summed E-state index contributed by atoms with van der Waals surface area (Å²) in [4.78, 5) is 28.1. The molecule has 0 bridgehead atoms. The van der Waals surface area contributed by atoms with Crippen LogP contribution in [0, 0.1) is 5.92 Å². The van der Waals surface area contributed by atoms with Gasteiger partial charge in [0.1, 0.15) is 23.7 Å². The molecule has 11 nitrogen and oxygen atoms in total. The molecule has 1 aliphatic carbocycles. The number of methoxy groups -OCH3 is 1. The van der Waals surface area contributed by atoms with E-state index in [9.17, 15) is 9.18 Å². The number of alkyl halides is 1. The molecule has 4 aromatic rings. The van der Waals surface area contributed by atoms with Crippen LogP contribution < -0.4 is 14.8 Å². The van der Waals surface area contributed by atoms with E-state index in [1.165, 1.54) is 0 Å². The molecule has 6 rings (SSSR count). The molecule has 0 radical (unpaired) electrons. The minimum Gasteiger partial charge on any atom is -0.491 e. The summed E-state index contributed by atoms with van der Waals surface area (Å²) in [6, 6.07) is 5.77. The fraction of sp³-hybridized carbons (Fsp3) is 0.516. The van der Waals surface area contributed by atoms with Gasteiger partial charge in [-0.25, -0.2) is 9.37 Å². The number of nitrogens with one attached hydrogen (secondary N) is 1. The third-order valence-electron chi connectivity index (χ3n) is 8.17. The molecule has 1 N–H and O–H groups in total. The van der Waals surface area contributed by atoms with Crippen LogP contribution >= 0.6 is 0 Å². The lowest BCUT2D eigenvalue weighted by molar-refractivity contribution is -0.119. The third kappa shape index (κ3) is 6.06. The van der Waals surface area contributed by atoms with E-state index in [1.807, 2.05) is 11.6 Å². The minimum atomic E-state index is -0.341. The maximum Gasteiger partial charge on any atom is 0.211 e. The number of aryl methyl sites for hydroxylation is 1. The van der Waals surface area contributed by atoms with Crippen molar-refractivity contribution in [2.45, 2.75) is 57.9 Å². The van der Waals surface area contributed by atoms with E-state index in [1.54, 1.807) is 31.6 Å². The lowest BCUT2D eigenvalue weighted by Gasteiger charge is -2.23. The number of aromatic nitrogens is 6. The summed E-state index contributed by atoms with van der Waals surface area (Å²) < 4.78 is 28.9. The van der Waals surface area contributed by atoms with Crippen LogP contribution in [0.4, 0.5) is 16.2 Å². The fourth-order valence-electron chi connectivity index (χ4n) is 5.72. The second kappa shape index (κ2) is 11.6. The molecule has 1 saturated heterocycles. The molecule has 2 fully saturated rings. The highest BCUT2D eigenvalue weighted by atomic mass is 19.1. The van der Waals surface area contributed by atoms with Crippen molar-refractivity contribution in [3.8, 4) is 17.2 Å². The smallest absolute Gasteiger partial charge is 0.211 e. The van der Waals surface area contributed by atoms with Crippen LogP contribution in [0.15, 0.2) is 30.6 Å². The molecule has 1 saturated carbocycles. The molecule has 0 spiro atoms. The zero-order valence-corrected chi connectivity index (χ0v) is 25.4. The summed E-state index contributed by atoms with van der Waals surface area (Å²) in [6.45, 7) is 8.26. The van der Waals surface area contributed by atoms with Crippen molar-refractivity contribution in [3.63, 3.8) is 0 Å². The molecule has 0 amide bonds. The maximum absolute atomic E-state index is 13.0. The van der Waals surface area contributed by atoms with Crippen LogP contribution in [-0.2, 0) is 23.7 Å². The quantitative estimate of drug-likeness (QED) is 0.254. The molecule has 5 heterocycles. The van der Waals surface area contributed by atoms with E-state index in [2.05, 4.69) is 51.7 Å². The number of fused-ring (bicyclic) bond motifs is 1. The fourth-order valence-corrected chi connectivity index (χ4v) is 5.72. The Balaban J connectivity index is 1.26. The van der Waals surface area contributed by atoms with Crippen LogP contribution in [0.2, 0.25) is 0 Å². The van der Waals surface area contributed by atoms with Crippen LogP contribution in [0.5, 0.6) is 17.2 Å². The predicted octanol–water partition coefficient (Wildman–Crippen LogP) is 5.14. The topological polar surface area (TPSA) is 112 Å². The largest absolute Gasteiger partial charge is 0.491 e. The van der Waals surface area contributed by atoms with Gasteiger partial charge in [0.2, 0.25) is 5.95 Å². The molecule has 4 aromatic heterocycles. The van der Waals surface area contributed by atoms with Gasteiger partial charge < -0.3 is 19.4 Å². The highest BCUT2D eigenvalue weighted by Crippen LogP contribution is 2.39. The molecule has 0 aromatic carbocycles. The number of rotatable bonds is 11. The first kappa shape index (κ1) is 29.0. The Morgan fingerprint density at radius 2 is 2.00 bits per heavy atom. The number of hydrogen-bond donors (Lipinski definition) is 1. The number of Topliss-reactive ketones (excluding diaryl/α,β-unsaturated/α-hetero) is 1. The molecule has 43 heavy (non-hydrogen) atoms. The molecule has 1 atom stereocenters. The average molecular weight is 591 g/mol. The van der Waals surface area contributed by atoms with Crippen molar-refractivity contribution in [1.29, 1.82) is 0 Å². The Hall–Kier alpha value is -4.06. The number of carbonyl (C=O) groups is 1. The second-order valence-electron chi connectivity index (χ2n) is 12.5. The molecule has 12 heteroatoms. The highest BCUT2D eigenvalue weighted by Gasteiger charge is 2.31. The van der Waals surface area contributed by atoms with E-state index in [0.717, 1.165) is 38.0 Å². The number of ether oxygens (including phenoxy) is 2. The molecular formula is C31H39FN8O3. The minimum absolute atomic E-state index is 0.137. The van der Waals surface area contributed by atoms with E-state index in [0.29, 0.717) is 58.8 Å². The zero-order valence-electron chi connectivity index (χ0n) is 25.4. The van der Waals surface area contributed by atoms with Gasteiger partial charge in [-0.1, -0.05) is 20.8 Å². The highest BCUT2D eigenvalue weighted by molar-refractivity contribution is 5.85. The van der Waals surface area contributed by atoms with Crippen molar-refractivity contribution in [2.24, 2.45) is 13.0 Å². The zero-order chi connectivity index (χ0) is 30.3. The first-order valence-electron chi connectivity index (χ1n) is 14.8. The summed E-state index contributed by atoms with van der Waals surface area (Å²) in [6.07, 6.45) is 6.40. The Bertz CT molecular complexity index is 1640. The Labute approximate surface area is 250 Å². The number of anilines is 2. The third-order valence-corrected chi connectivity index (χ3v) is 8.17. The first-order valence-corrected chi connectivity index (χ1v) is 14.8. The molecule has 2 aliphatic rings. The summed E-state index contributed by atoms with van der Waals surface area (Å²) >= 11 is 0. The van der Waals surface area contributed by atoms with E-state index in [-0.39, 0.29) is 29.8 Å². The molecular weight excluding hydrogens is 551 g/mol. The lowest BCUT2D eigenvalue weighted by Crippen LogP contribution is -2.26. The van der Waals surface area contributed by atoms with E-state index < -0.39 is 0 Å². The van der Waals surface area contributed by atoms with Crippen LogP contribution in [-0.4, -0.2) is 73.4 Å². The number of imidazole rings is 1. The van der Waals surface area contributed by atoms with Gasteiger partial charge in [0.15, 0.2) is 23.0 Å². The number of hydrogen-bond acceptors (Lipinski definition) is 9. The molecule has 1 aliphatic heterocycles.